The molecule has 0 radical (unpaired) electrons. The predicted molar refractivity (Wildman–Crippen MR) is 313 cm³/mol. The van der Waals surface area contributed by atoms with E-state index < -0.39 is 59.0 Å². The zero-order valence-electron chi connectivity index (χ0n) is 45.8. The molecule has 17 heteroatoms. The third-order valence-electron chi connectivity index (χ3n) is 15.1. The molecule has 13 rings (SSSR count). The highest BCUT2D eigenvalue weighted by Crippen LogP contribution is 2.44. The summed E-state index contributed by atoms with van der Waals surface area (Å²) in [5.74, 6) is 7.65. The Labute approximate surface area is 493 Å². The number of carbonyl (C=O) groups is 8. The Morgan fingerprint density at radius 1 is 0.333 bits per heavy atom. The van der Waals surface area contributed by atoms with E-state index in [-0.39, 0.29) is 95.6 Å². The summed E-state index contributed by atoms with van der Waals surface area (Å²) in [4.78, 5) is 112. The van der Waals surface area contributed by atoms with Crippen molar-refractivity contribution < 1.29 is 61.0 Å². The lowest BCUT2D eigenvalue weighted by molar-refractivity contribution is -0.137. The number of anilines is 3. The Kier molecular flexibility index (Phi) is 12.9. The highest BCUT2D eigenvalue weighted by atomic mass is 19.4. The van der Waals surface area contributed by atoms with Gasteiger partial charge in [-0.2, -0.15) is 13.2 Å². The number of halogens is 3. The molecule has 0 aliphatic carbocycles. The van der Waals surface area contributed by atoms with Gasteiger partial charge in [0.1, 0.15) is 23.0 Å². The SMILES string of the molecule is Cc1cc(C#Cc2ccc(C#Cc3ccccc3)cc2)cc(N2C(=O)c3ccc(Oc4ccc5c(c4)C(=O)N(c4ccc(-c6ccc(N7C(=O)c8ccc(Oc9ccc%10c(c9)C(=O)N(C)C%10=O)cc8C7=O)cc6C)c(C(F)(F)F)c4)C5=O)cc3C2=O)c1. The van der Waals surface area contributed by atoms with E-state index in [9.17, 15) is 38.4 Å². The fourth-order valence-corrected chi connectivity index (χ4v) is 10.9. The van der Waals surface area contributed by atoms with E-state index in [1.54, 1.807) is 12.1 Å². The van der Waals surface area contributed by atoms with Gasteiger partial charge in [-0.1, -0.05) is 54.0 Å². The molecule has 0 atom stereocenters. The van der Waals surface area contributed by atoms with E-state index in [1.165, 1.54) is 111 Å². The molecule has 8 amide bonds. The number of benzene rings is 9. The molecule has 420 valence electrons. The van der Waals surface area contributed by atoms with E-state index in [1.807, 2.05) is 67.6 Å². The summed E-state index contributed by atoms with van der Waals surface area (Å²) in [6.07, 6.45) is -5.01. The zero-order valence-corrected chi connectivity index (χ0v) is 45.8. The number of rotatable bonds is 8. The fraction of sp³-hybridized carbons (Fsp3) is 0.0571. The van der Waals surface area contributed by atoms with Gasteiger partial charge in [-0.3, -0.25) is 43.3 Å². The Bertz CT molecular complexity index is 4760. The molecule has 0 bridgehead atoms. The molecule has 0 N–H and O–H groups in total. The molecule has 9 aromatic carbocycles. The molecule has 0 aromatic heterocycles. The molecule has 0 saturated carbocycles. The smallest absolute Gasteiger partial charge is 0.417 e. The standard InChI is InChI=1S/C70H39F3N4O10/c1-38-29-43(16-15-42-13-11-41(12-14-42)10-9-40-7-5-4-6-8-40)32-46(30-38)77-66(82)56-28-22-50(37-60(56)69(77)85)87-49-21-27-55-59(36-49)68(84)76(65(55)81)45-18-24-52(61(33-45)70(71,72)73)51-23-17-44(31-39(51)2)75-64(80)54-26-20-48(35-58(54)67(75)83)86-47-19-25-53-57(34-47)63(79)74(3)62(53)78/h4-8,11-14,17-37H,1-3H3. The largest absolute Gasteiger partial charge is 0.457 e. The number of nitrogens with zero attached hydrogens (tertiary/aromatic N) is 4. The molecular weight excluding hydrogens is 1110 g/mol. The Balaban J connectivity index is 0.694. The van der Waals surface area contributed by atoms with Crippen LogP contribution in [0.1, 0.15) is 122 Å². The second-order valence-electron chi connectivity index (χ2n) is 20.8. The van der Waals surface area contributed by atoms with Crippen LogP contribution in [0.15, 0.2) is 182 Å². The van der Waals surface area contributed by atoms with Crippen LogP contribution < -0.4 is 24.2 Å². The minimum absolute atomic E-state index is 0.0111. The van der Waals surface area contributed by atoms with E-state index in [2.05, 4.69) is 23.7 Å². The minimum Gasteiger partial charge on any atom is -0.457 e. The van der Waals surface area contributed by atoms with Crippen molar-refractivity contribution in [3.8, 4) is 57.8 Å². The van der Waals surface area contributed by atoms with Crippen molar-refractivity contribution in [3.63, 3.8) is 0 Å². The first-order chi connectivity index (χ1) is 41.8. The molecule has 87 heavy (non-hydrogen) atoms. The van der Waals surface area contributed by atoms with E-state index in [0.29, 0.717) is 22.2 Å². The van der Waals surface area contributed by atoms with Crippen LogP contribution in [0.2, 0.25) is 0 Å². The van der Waals surface area contributed by atoms with Gasteiger partial charge in [0.2, 0.25) is 0 Å². The van der Waals surface area contributed by atoms with Crippen LogP contribution in [0.25, 0.3) is 11.1 Å². The molecule has 9 aromatic rings. The van der Waals surface area contributed by atoms with Gasteiger partial charge in [0.05, 0.1) is 67.1 Å². The van der Waals surface area contributed by atoms with Gasteiger partial charge in [-0.15, -0.1) is 0 Å². The van der Waals surface area contributed by atoms with Crippen LogP contribution in [-0.4, -0.2) is 59.2 Å². The van der Waals surface area contributed by atoms with Gasteiger partial charge in [-0.05, 0) is 188 Å². The minimum atomic E-state index is -5.01. The Morgan fingerprint density at radius 2 is 0.701 bits per heavy atom. The first-order valence-electron chi connectivity index (χ1n) is 26.8. The normalized spacial score (nSPS) is 14.0. The van der Waals surface area contributed by atoms with Crippen LogP contribution >= 0.6 is 0 Å². The van der Waals surface area contributed by atoms with Crippen LogP contribution in [0.3, 0.4) is 0 Å². The third kappa shape index (κ3) is 9.61. The van der Waals surface area contributed by atoms with Gasteiger partial charge >= 0.3 is 6.18 Å². The number of carbonyl (C=O) groups excluding carboxylic acids is 8. The second kappa shape index (κ2) is 20.7. The summed E-state index contributed by atoms with van der Waals surface area (Å²) >= 11 is 0. The molecule has 14 nitrogen and oxygen atoms in total. The lowest BCUT2D eigenvalue weighted by Crippen LogP contribution is -2.29. The monoisotopic (exact) mass is 1150 g/mol. The average Bonchev–Trinajstić information content (AvgIpc) is 1.81. The van der Waals surface area contributed by atoms with E-state index in [0.717, 1.165) is 43.0 Å². The summed E-state index contributed by atoms with van der Waals surface area (Å²) in [7, 11) is 1.36. The Hall–Kier alpha value is -12.0. The predicted octanol–water partition coefficient (Wildman–Crippen LogP) is 13.0. The van der Waals surface area contributed by atoms with Crippen LogP contribution in [0.5, 0.6) is 23.0 Å². The van der Waals surface area contributed by atoms with Crippen molar-refractivity contribution in [1.29, 1.82) is 0 Å². The number of fused-ring (bicyclic) bond motifs is 4. The van der Waals surface area contributed by atoms with Crippen molar-refractivity contribution in [2.45, 2.75) is 20.0 Å². The molecule has 4 aliphatic heterocycles. The van der Waals surface area contributed by atoms with Gasteiger partial charge in [0.15, 0.2) is 0 Å². The molecule has 0 saturated heterocycles. The number of aryl methyl sites for hydroxylation is 2. The third-order valence-corrected chi connectivity index (χ3v) is 15.1. The quantitative estimate of drug-likeness (QED) is 0.105. The van der Waals surface area contributed by atoms with E-state index >= 15 is 13.2 Å². The lowest BCUT2D eigenvalue weighted by atomic mass is 9.94. The average molecular weight is 1150 g/mol. The van der Waals surface area contributed by atoms with Crippen molar-refractivity contribution >= 4 is 64.3 Å². The lowest BCUT2D eigenvalue weighted by Gasteiger charge is -2.21. The highest BCUT2D eigenvalue weighted by molar-refractivity contribution is 6.36. The van der Waals surface area contributed by atoms with Crippen molar-refractivity contribution in [2.75, 3.05) is 21.7 Å². The number of imide groups is 4. The number of amides is 8. The highest BCUT2D eigenvalue weighted by Gasteiger charge is 2.42. The molecule has 0 fully saturated rings. The van der Waals surface area contributed by atoms with Gasteiger partial charge in [-0.25, -0.2) is 14.7 Å². The Morgan fingerprint density at radius 3 is 1.16 bits per heavy atom. The summed E-state index contributed by atoms with van der Waals surface area (Å²) in [5.41, 5.74) is 2.90. The summed E-state index contributed by atoms with van der Waals surface area (Å²) in [6.45, 7) is 3.33. The van der Waals surface area contributed by atoms with Crippen LogP contribution in [0, 0.1) is 37.5 Å². The summed E-state index contributed by atoms with van der Waals surface area (Å²) < 4.78 is 57.4. The van der Waals surface area contributed by atoms with Crippen molar-refractivity contribution in [3.05, 3.63) is 265 Å². The van der Waals surface area contributed by atoms with Crippen LogP contribution in [-0.2, 0) is 6.18 Å². The topological polar surface area (TPSA) is 168 Å². The van der Waals surface area contributed by atoms with Gasteiger partial charge < -0.3 is 9.47 Å². The first kappa shape index (κ1) is 54.3. The summed E-state index contributed by atoms with van der Waals surface area (Å²) in [5, 5.41) is 0. The van der Waals surface area contributed by atoms with Crippen LogP contribution in [0.4, 0.5) is 30.2 Å². The molecule has 4 aliphatic rings. The fourth-order valence-electron chi connectivity index (χ4n) is 10.9. The second-order valence-corrected chi connectivity index (χ2v) is 20.8. The molecule has 0 spiro atoms. The van der Waals surface area contributed by atoms with Gasteiger partial charge in [0, 0.05) is 29.3 Å². The molecular formula is C70H39F3N4O10. The number of hydrogen-bond acceptors (Lipinski definition) is 10. The van der Waals surface area contributed by atoms with Crippen molar-refractivity contribution in [1.82, 2.24) is 4.90 Å². The number of alkyl halides is 3. The first-order valence-corrected chi connectivity index (χ1v) is 26.8. The maximum Gasteiger partial charge on any atom is 0.417 e. The maximum absolute atomic E-state index is 15.1. The maximum atomic E-state index is 15.1. The van der Waals surface area contributed by atoms with E-state index in [4.69, 9.17) is 9.47 Å². The molecule has 4 heterocycles. The van der Waals surface area contributed by atoms with Crippen molar-refractivity contribution in [2.24, 2.45) is 0 Å². The number of ether oxygens (including phenoxy) is 2. The molecule has 0 unspecified atom stereocenters. The summed E-state index contributed by atoms with van der Waals surface area (Å²) in [6, 6.07) is 46.2. The van der Waals surface area contributed by atoms with Gasteiger partial charge in [0.25, 0.3) is 47.3 Å². The zero-order chi connectivity index (χ0) is 60.7. The number of hydrogen-bond donors (Lipinski definition) is 0.